The molecule has 0 heterocycles. The SMILES string of the molecule is CCCC1CCC2C(C)CC(CC)C12N. The lowest BCUT2D eigenvalue weighted by atomic mass is 9.74. The van der Waals surface area contributed by atoms with Crippen LogP contribution in [0.15, 0.2) is 0 Å². The summed E-state index contributed by atoms with van der Waals surface area (Å²) in [7, 11) is 0. The van der Waals surface area contributed by atoms with Crippen molar-refractivity contribution >= 4 is 0 Å². The highest BCUT2D eigenvalue weighted by Crippen LogP contribution is 2.56. The average Bonchev–Trinajstić information content (AvgIpc) is 2.65. The van der Waals surface area contributed by atoms with Gasteiger partial charge in [-0.15, -0.1) is 0 Å². The van der Waals surface area contributed by atoms with Gasteiger partial charge in [0.1, 0.15) is 0 Å². The van der Waals surface area contributed by atoms with Gasteiger partial charge in [0.2, 0.25) is 0 Å². The summed E-state index contributed by atoms with van der Waals surface area (Å²) in [6, 6.07) is 0. The number of rotatable bonds is 3. The van der Waals surface area contributed by atoms with Crippen LogP contribution in [0.3, 0.4) is 0 Å². The van der Waals surface area contributed by atoms with Crippen molar-refractivity contribution in [3.8, 4) is 0 Å². The van der Waals surface area contributed by atoms with Gasteiger partial charge in [-0.1, -0.05) is 33.6 Å². The zero-order valence-corrected chi connectivity index (χ0v) is 10.6. The molecule has 0 radical (unpaired) electrons. The van der Waals surface area contributed by atoms with Gasteiger partial charge in [0.15, 0.2) is 0 Å². The summed E-state index contributed by atoms with van der Waals surface area (Å²) < 4.78 is 0. The van der Waals surface area contributed by atoms with Crippen molar-refractivity contribution in [2.24, 2.45) is 29.4 Å². The Morgan fingerprint density at radius 2 is 1.93 bits per heavy atom. The third kappa shape index (κ3) is 1.54. The normalized spacial score (nSPS) is 49.6. The van der Waals surface area contributed by atoms with Crippen LogP contribution in [-0.2, 0) is 0 Å². The molecule has 0 amide bonds. The topological polar surface area (TPSA) is 26.0 Å². The number of fused-ring (bicyclic) bond motifs is 1. The van der Waals surface area contributed by atoms with Crippen LogP contribution in [0.4, 0.5) is 0 Å². The van der Waals surface area contributed by atoms with Crippen LogP contribution in [0.2, 0.25) is 0 Å². The van der Waals surface area contributed by atoms with Gasteiger partial charge in [-0.25, -0.2) is 0 Å². The third-order valence-electron chi connectivity index (χ3n) is 5.36. The van der Waals surface area contributed by atoms with E-state index in [4.69, 9.17) is 5.73 Å². The van der Waals surface area contributed by atoms with Crippen LogP contribution < -0.4 is 5.73 Å². The van der Waals surface area contributed by atoms with Crippen molar-refractivity contribution in [2.75, 3.05) is 0 Å². The Kier molecular flexibility index (Phi) is 3.12. The van der Waals surface area contributed by atoms with Gasteiger partial charge >= 0.3 is 0 Å². The molecule has 0 bridgehead atoms. The zero-order chi connectivity index (χ0) is 11.1. The second-order valence-electron chi connectivity index (χ2n) is 5.99. The van der Waals surface area contributed by atoms with Crippen molar-refractivity contribution in [3.63, 3.8) is 0 Å². The largest absolute Gasteiger partial charge is 0.324 e. The molecule has 0 aliphatic heterocycles. The first-order valence-corrected chi connectivity index (χ1v) is 6.93. The summed E-state index contributed by atoms with van der Waals surface area (Å²) >= 11 is 0. The molecule has 0 saturated heterocycles. The van der Waals surface area contributed by atoms with Crippen LogP contribution in [0.25, 0.3) is 0 Å². The van der Waals surface area contributed by atoms with Crippen LogP contribution in [0, 0.1) is 23.7 Å². The van der Waals surface area contributed by atoms with Crippen molar-refractivity contribution < 1.29 is 0 Å². The maximum atomic E-state index is 6.84. The molecule has 2 fully saturated rings. The summed E-state index contributed by atoms with van der Waals surface area (Å²) in [6.07, 6.45) is 8.14. The van der Waals surface area contributed by atoms with E-state index in [1.54, 1.807) is 0 Å². The predicted molar refractivity (Wildman–Crippen MR) is 65.6 cm³/mol. The monoisotopic (exact) mass is 209 g/mol. The van der Waals surface area contributed by atoms with E-state index in [0.29, 0.717) is 0 Å². The Hall–Kier alpha value is -0.0400. The van der Waals surface area contributed by atoms with E-state index in [9.17, 15) is 0 Å². The fourth-order valence-corrected chi connectivity index (χ4v) is 4.68. The first-order valence-electron chi connectivity index (χ1n) is 6.93. The van der Waals surface area contributed by atoms with E-state index in [1.807, 2.05) is 0 Å². The maximum Gasteiger partial charge on any atom is 0.0242 e. The average molecular weight is 209 g/mol. The number of hydrogen-bond donors (Lipinski definition) is 1. The zero-order valence-electron chi connectivity index (χ0n) is 10.6. The van der Waals surface area contributed by atoms with Gasteiger partial charge in [0, 0.05) is 5.54 Å². The van der Waals surface area contributed by atoms with Gasteiger partial charge in [-0.3, -0.25) is 0 Å². The van der Waals surface area contributed by atoms with Crippen molar-refractivity contribution in [1.82, 2.24) is 0 Å². The van der Waals surface area contributed by atoms with Gasteiger partial charge in [0.25, 0.3) is 0 Å². The minimum Gasteiger partial charge on any atom is -0.324 e. The maximum absolute atomic E-state index is 6.84. The Labute approximate surface area is 94.8 Å². The first-order chi connectivity index (χ1) is 7.14. The molecular formula is C14H27N. The Balaban J connectivity index is 2.21. The third-order valence-corrected chi connectivity index (χ3v) is 5.36. The van der Waals surface area contributed by atoms with Crippen LogP contribution in [0.1, 0.15) is 59.3 Å². The molecule has 2 saturated carbocycles. The molecule has 1 heteroatoms. The molecule has 0 aromatic heterocycles. The summed E-state index contributed by atoms with van der Waals surface area (Å²) in [5.41, 5.74) is 7.05. The Bertz CT molecular complexity index is 225. The van der Waals surface area contributed by atoms with Gasteiger partial charge in [0.05, 0.1) is 0 Å². The second-order valence-corrected chi connectivity index (χ2v) is 5.99. The fraction of sp³-hybridized carbons (Fsp3) is 1.00. The molecule has 0 aromatic rings. The predicted octanol–water partition coefficient (Wildman–Crippen LogP) is 3.58. The van der Waals surface area contributed by atoms with E-state index < -0.39 is 0 Å². The standard InChI is InChI=1S/C14H27N/c1-4-6-12-7-8-13-10(3)9-11(5-2)14(12,13)15/h10-13H,4-9,15H2,1-3H3. The minimum atomic E-state index is 0.212. The number of nitrogens with two attached hydrogens (primary N) is 1. The molecule has 2 aliphatic rings. The molecule has 5 unspecified atom stereocenters. The summed E-state index contributed by atoms with van der Waals surface area (Å²) in [5, 5.41) is 0. The van der Waals surface area contributed by atoms with Gasteiger partial charge in [-0.05, 0) is 49.4 Å². The quantitative estimate of drug-likeness (QED) is 0.755. The van der Waals surface area contributed by atoms with E-state index >= 15 is 0 Å². The number of hydrogen-bond acceptors (Lipinski definition) is 1. The Morgan fingerprint density at radius 1 is 1.20 bits per heavy atom. The van der Waals surface area contributed by atoms with Crippen LogP contribution in [0.5, 0.6) is 0 Å². The van der Waals surface area contributed by atoms with E-state index in [2.05, 4.69) is 20.8 Å². The minimum absolute atomic E-state index is 0.212. The molecule has 88 valence electrons. The molecule has 5 atom stereocenters. The Morgan fingerprint density at radius 3 is 2.53 bits per heavy atom. The van der Waals surface area contributed by atoms with Crippen LogP contribution >= 0.6 is 0 Å². The van der Waals surface area contributed by atoms with Crippen molar-refractivity contribution in [2.45, 2.75) is 64.8 Å². The summed E-state index contributed by atoms with van der Waals surface area (Å²) in [4.78, 5) is 0. The molecule has 2 N–H and O–H groups in total. The molecule has 0 spiro atoms. The fourth-order valence-electron chi connectivity index (χ4n) is 4.68. The van der Waals surface area contributed by atoms with Crippen LogP contribution in [-0.4, -0.2) is 5.54 Å². The highest BCUT2D eigenvalue weighted by molar-refractivity contribution is 5.11. The lowest BCUT2D eigenvalue weighted by molar-refractivity contribution is 0.188. The second kappa shape index (κ2) is 4.08. The van der Waals surface area contributed by atoms with E-state index in [1.165, 1.54) is 38.5 Å². The van der Waals surface area contributed by atoms with E-state index in [-0.39, 0.29) is 5.54 Å². The lowest BCUT2D eigenvalue weighted by Gasteiger charge is -2.37. The molecule has 2 aliphatic carbocycles. The molecular weight excluding hydrogens is 182 g/mol. The highest BCUT2D eigenvalue weighted by atomic mass is 14.9. The summed E-state index contributed by atoms with van der Waals surface area (Å²) in [5.74, 6) is 3.33. The molecule has 0 aromatic carbocycles. The highest BCUT2D eigenvalue weighted by Gasteiger charge is 2.56. The molecule has 15 heavy (non-hydrogen) atoms. The van der Waals surface area contributed by atoms with Gasteiger partial charge in [-0.2, -0.15) is 0 Å². The smallest absolute Gasteiger partial charge is 0.0242 e. The molecule has 1 nitrogen and oxygen atoms in total. The van der Waals surface area contributed by atoms with Gasteiger partial charge < -0.3 is 5.73 Å². The molecule has 2 rings (SSSR count). The lowest BCUT2D eigenvalue weighted by Crippen LogP contribution is -2.51. The van der Waals surface area contributed by atoms with Crippen molar-refractivity contribution in [3.05, 3.63) is 0 Å². The van der Waals surface area contributed by atoms with E-state index in [0.717, 1.165) is 23.7 Å². The van der Waals surface area contributed by atoms with Crippen molar-refractivity contribution in [1.29, 1.82) is 0 Å². The first kappa shape index (κ1) is 11.4. The summed E-state index contributed by atoms with van der Waals surface area (Å²) in [6.45, 7) is 7.06.